The van der Waals surface area contributed by atoms with Crippen molar-refractivity contribution >= 4 is 11.9 Å². The topological polar surface area (TPSA) is 61.8 Å². The molecule has 0 N–H and O–H groups in total. The van der Waals surface area contributed by atoms with Gasteiger partial charge in [-0.05, 0) is 0 Å². The highest BCUT2D eigenvalue weighted by Gasteiger charge is 2.71. The number of esters is 2. The number of benzene rings is 1. The number of hydrogen-bond donors (Lipinski definition) is 0. The first-order valence-corrected chi connectivity index (χ1v) is 6.02. The zero-order valence-electron chi connectivity index (χ0n) is 11.6. The first-order valence-electron chi connectivity index (χ1n) is 6.02. The van der Waals surface area contributed by atoms with E-state index in [4.69, 9.17) is 4.74 Å². The molecule has 1 atom stereocenters. The summed E-state index contributed by atoms with van der Waals surface area (Å²) >= 11 is 0. The van der Waals surface area contributed by atoms with E-state index in [1.54, 1.807) is 0 Å². The maximum atomic E-state index is 13.6. The molecule has 1 aromatic rings. The second kappa shape index (κ2) is 5.36. The van der Waals surface area contributed by atoms with Crippen LogP contribution in [0.3, 0.4) is 0 Å². The molecule has 0 bridgehead atoms. The molecule has 0 aliphatic carbocycles. The van der Waals surface area contributed by atoms with Crippen LogP contribution in [0.4, 0.5) is 13.2 Å². The van der Waals surface area contributed by atoms with Crippen LogP contribution in [0.15, 0.2) is 41.7 Å². The van der Waals surface area contributed by atoms with Gasteiger partial charge in [-0.3, -0.25) is 0 Å². The molecule has 0 amide bonds. The Bertz CT molecular complexity index is 636. The fraction of sp³-hybridized carbons (Fsp3) is 0.286. The molecule has 1 unspecified atom stereocenters. The van der Waals surface area contributed by atoms with Gasteiger partial charge < -0.3 is 14.2 Å². The van der Waals surface area contributed by atoms with E-state index in [2.05, 4.69) is 9.47 Å². The minimum Gasteiger partial charge on any atom is -0.465 e. The maximum absolute atomic E-state index is 13.6. The number of ether oxygens (including phenoxy) is 3. The highest BCUT2D eigenvalue weighted by molar-refractivity contribution is 6.03. The average molecular weight is 316 g/mol. The van der Waals surface area contributed by atoms with Crippen LogP contribution < -0.4 is 0 Å². The third-order valence-corrected chi connectivity index (χ3v) is 3.17. The van der Waals surface area contributed by atoms with Crippen LogP contribution in [0.25, 0.3) is 0 Å². The van der Waals surface area contributed by atoms with Crippen LogP contribution in [0.1, 0.15) is 5.56 Å². The largest absolute Gasteiger partial charge is 0.465 e. The van der Waals surface area contributed by atoms with E-state index >= 15 is 0 Å². The number of carbonyl (C=O) groups is 2. The number of rotatable bonds is 3. The van der Waals surface area contributed by atoms with Crippen molar-refractivity contribution in [3.63, 3.8) is 0 Å². The predicted molar refractivity (Wildman–Crippen MR) is 66.3 cm³/mol. The van der Waals surface area contributed by atoms with Gasteiger partial charge >= 0.3 is 18.1 Å². The zero-order chi connectivity index (χ0) is 16.5. The molecular formula is C14H11F3O5. The van der Waals surface area contributed by atoms with Gasteiger partial charge in [-0.25, -0.2) is 9.59 Å². The quantitative estimate of drug-likeness (QED) is 0.799. The monoisotopic (exact) mass is 316 g/mol. The van der Waals surface area contributed by atoms with Crippen molar-refractivity contribution in [3.8, 4) is 0 Å². The van der Waals surface area contributed by atoms with Crippen LogP contribution in [0, 0.1) is 0 Å². The van der Waals surface area contributed by atoms with E-state index in [9.17, 15) is 22.8 Å². The summed E-state index contributed by atoms with van der Waals surface area (Å²) in [6.45, 7) is 0. The maximum Gasteiger partial charge on any atom is 0.437 e. The van der Waals surface area contributed by atoms with Gasteiger partial charge in [-0.15, -0.1) is 0 Å². The molecule has 1 aromatic carbocycles. The molecule has 22 heavy (non-hydrogen) atoms. The van der Waals surface area contributed by atoms with Crippen molar-refractivity contribution in [2.45, 2.75) is 11.8 Å². The number of methoxy groups -OCH3 is 2. The van der Waals surface area contributed by atoms with E-state index in [1.807, 2.05) is 0 Å². The summed E-state index contributed by atoms with van der Waals surface area (Å²) in [6, 6.07) is 6.51. The summed E-state index contributed by atoms with van der Waals surface area (Å²) in [6.07, 6.45) is -4.98. The van der Waals surface area contributed by atoms with Crippen LogP contribution >= 0.6 is 0 Å². The molecule has 1 aliphatic heterocycles. The summed E-state index contributed by atoms with van der Waals surface area (Å²) in [5.41, 5.74) is -4.32. The average Bonchev–Trinajstić information content (AvgIpc) is 2.45. The molecule has 5 nitrogen and oxygen atoms in total. The van der Waals surface area contributed by atoms with Gasteiger partial charge in [0.1, 0.15) is 5.57 Å². The molecule has 0 radical (unpaired) electrons. The summed E-state index contributed by atoms with van der Waals surface area (Å²) in [4.78, 5) is 23.3. The van der Waals surface area contributed by atoms with Gasteiger partial charge in [0, 0.05) is 5.56 Å². The van der Waals surface area contributed by atoms with Crippen molar-refractivity contribution in [1.29, 1.82) is 0 Å². The lowest BCUT2D eigenvalue weighted by Gasteiger charge is -2.44. The van der Waals surface area contributed by atoms with Crippen LogP contribution in [0.2, 0.25) is 0 Å². The van der Waals surface area contributed by atoms with E-state index in [0.717, 1.165) is 26.4 Å². The fourth-order valence-electron chi connectivity index (χ4n) is 2.18. The number of alkyl halides is 3. The van der Waals surface area contributed by atoms with Crippen molar-refractivity contribution in [1.82, 2.24) is 0 Å². The van der Waals surface area contributed by atoms with E-state index < -0.39 is 35.0 Å². The first kappa shape index (κ1) is 15.9. The molecule has 0 saturated carbocycles. The number of hydrogen-bond acceptors (Lipinski definition) is 5. The Labute approximate surface area is 123 Å². The normalized spacial score (nSPS) is 20.8. The molecule has 1 heterocycles. The van der Waals surface area contributed by atoms with E-state index in [0.29, 0.717) is 0 Å². The molecular weight excluding hydrogens is 305 g/mol. The minimum absolute atomic E-state index is 0.337. The van der Waals surface area contributed by atoms with Gasteiger partial charge in [-0.1, -0.05) is 30.3 Å². The molecule has 1 aliphatic rings. The molecule has 0 spiro atoms. The molecule has 118 valence electrons. The molecule has 0 fully saturated rings. The van der Waals surface area contributed by atoms with Gasteiger partial charge in [0.2, 0.25) is 5.76 Å². The van der Waals surface area contributed by atoms with Gasteiger partial charge in [0.15, 0.2) is 0 Å². The van der Waals surface area contributed by atoms with Crippen LogP contribution in [-0.4, -0.2) is 32.3 Å². The molecule has 8 heteroatoms. The first-order chi connectivity index (χ1) is 10.3. The second-order valence-corrected chi connectivity index (χ2v) is 4.33. The van der Waals surface area contributed by atoms with E-state index in [-0.39, 0.29) is 5.56 Å². The predicted octanol–water partition coefficient (Wildman–Crippen LogP) is 2.07. The molecule has 2 rings (SSSR count). The Morgan fingerprint density at radius 1 is 1.05 bits per heavy atom. The Kier molecular flexibility index (Phi) is 3.87. The smallest absolute Gasteiger partial charge is 0.437 e. The highest BCUT2D eigenvalue weighted by atomic mass is 19.4. The highest BCUT2D eigenvalue weighted by Crippen LogP contribution is 2.56. The Morgan fingerprint density at radius 2 is 1.59 bits per heavy atom. The lowest BCUT2D eigenvalue weighted by Crippen LogP contribution is -2.56. The van der Waals surface area contributed by atoms with E-state index in [1.165, 1.54) is 18.2 Å². The van der Waals surface area contributed by atoms with Gasteiger partial charge in [-0.2, -0.15) is 13.2 Å². The standard InChI is InChI=1S/C14H11F3O5/c1-20-11(18)9-10(12(19)21-2)22-13(9,14(15,16)17)8-6-4-3-5-7-8/h3-7H,1-2H3. The summed E-state index contributed by atoms with van der Waals surface area (Å²) < 4.78 is 54.3. The van der Waals surface area contributed by atoms with Crippen LogP contribution in [0.5, 0.6) is 0 Å². The zero-order valence-corrected chi connectivity index (χ0v) is 11.6. The molecule has 0 saturated heterocycles. The minimum atomic E-state index is -4.98. The Morgan fingerprint density at radius 3 is 2.05 bits per heavy atom. The SMILES string of the molecule is COC(=O)C1=C(C(=O)OC)C(c2ccccc2)(C(F)(F)F)O1. The summed E-state index contributed by atoms with van der Waals surface area (Å²) in [5, 5.41) is 0. The fourth-order valence-corrected chi connectivity index (χ4v) is 2.18. The van der Waals surface area contributed by atoms with Crippen molar-refractivity contribution in [3.05, 3.63) is 47.2 Å². The third kappa shape index (κ3) is 2.11. The number of carbonyl (C=O) groups excluding carboxylic acids is 2. The van der Waals surface area contributed by atoms with Crippen LogP contribution in [-0.2, 0) is 29.4 Å². The third-order valence-electron chi connectivity index (χ3n) is 3.17. The van der Waals surface area contributed by atoms with Gasteiger partial charge in [0.05, 0.1) is 14.2 Å². The Balaban J connectivity index is 2.70. The summed E-state index contributed by atoms with van der Waals surface area (Å²) in [5.74, 6) is -3.31. The van der Waals surface area contributed by atoms with Gasteiger partial charge in [0.25, 0.3) is 5.60 Å². The summed E-state index contributed by atoms with van der Waals surface area (Å²) in [7, 11) is 1.87. The molecule has 0 aromatic heterocycles. The van der Waals surface area contributed by atoms with Crippen molar-refractivity contribution < 1.29 is 37.0 Å². The van der Waals surface area contributed by atoms with Crippen molar-refractivity contribution in [2.24, 2.45) is 0 Å². The lowest BCUT2D eigenvalue weighted by atomic mass is 9.80. The Hall–Kier alpha value is -2.51. The number of halogens is 3. The second-order valence-electron chi connectivity index (χ2n) is 4.33. The van der Waals surface area contributed by atoms with Crippen molar-refractivity contribution in [2.75, 3.05) is 14.2 Å². The lowest BCUT2D eigenvalue weighted by molar-refractivity contribution is -0.278.